The molecule has 7 heteroatoms. The summed E-state index contributed by atoms with van der Waals surface area (Å²) in [6, 6.07) is 8.42. The van der Waals surface area contributed by atoms with Crippen molar-refractivity contribution in [1.82, 2.24) is 24.2 Å². The summed E-state index contributed by atoms with van der Waals surface area (Å²) in [4.78, 5) is 15.1. The maximum atomic E-state index is 13.1. The smallest absolute Gasteiger partial charge is 0.227 e. The van der Waals surface area contributed by atoms with Gasteiger partial charge < -0.3 is 18.8 Å². The molecule has 29 heavy (non-hydrogen) atoms. The van der Waals surface area contributed by atoms with E-state index in [-0.39, 0.29) is 11.9 Å². The number of carbonyl (C=O) groups excluding carboxylic acids is 1. The quantitative estimate of drug-likeness (QED) is 0.686. The fraction of sp³-hybridized carbons (Fsp3) is 0.500. The van der Waals surface area contributed by atoms with Gasteiger partial charge in [-0.1, -0.05) is 18.2 Å². The highest BCUT2D eigenvalue weighted by molar-refractivity contribution is 5.89. The third kappa shape index (κ3) is 3.23. The Bertz CT molecular complexity index is 1050. The van der Waals surface area contributed by atoms with Crippen LogP contribution >= 0.6 is 0 Å². The molecule has 0 unspecified atom stereocenters. The van der Waals surface area contributed by atoms with E-state index in [0.29, 0.717) is 25.4 Å². The Hall–Kier alpha value is -2.67. The van der Waals surface area contributed by atoms with Crippen LogP contribution in [0.15, 0.2) is 30.5 Å². The molecule has 2 aliphatic rings. The van der Waals surface area contributed by atoms with Crippen molar-refractivity contribution < 1.29 is 9.53 Å². The molecular weight excluding hydrogens is 366 g/mol. The highest BCUT2D eigenvalue weighted by Crippen LogP contribution is 2.31. The summed E-state index contributed by atoms with van der Waals surface area (Å²) < 4.78 is 9.85. The number of carbonyl (C=O) groups is 1. The number of benzene rings is 1. The lowest BCUT2D eigenvalue weighted by atomic mass is 9.98. The van der Waals surface area contributed by atoms with Crippen molar-refractivity contribution in [3.05, 3.63) is 47.7 Å². The minimum absolute atomic E-state index is 0.148. The number of ether oxygens (including phenoxy) is 1. The fourth-order valence-electron chi connectivity index (χ4n) is 4.83. The van der Waals surface area contributed by atoms with Crippen LogP contribution in [0.5, 0.6) is 0 Å². The lowest BCUT2D eigenvalue weighted by Crippen LogP contribution is -2.41. The molecule has 1 atom stereocenters. The zero-order valence-corrected chi connectivity index (χ0v) is 17.0. The summed E-state index contributed by atoms with van der Waals surface area (Å²) in [5, 5.41) is 10.1. The van der Waals surface area contributed by atoms with E-state index in [1.165, 1.54) is 0 Å². The standard InChI is InChI=1S/C22H27N5O2/c1-15-12-26(14-20-23-24-22(27(15)20)16-7-9-29-10-8-16)21(28)11-17-13-25(2)19-6-4-3-5-18(17)19/h3-6,13,15-16H,7-12,14H2,1-2H3/t15-/m0/s1. The van der Waals surface area contributed by atoms with Crippen molar-refractivity contribution in [2.45, 2.75) is 44.7 Å². The lowest BCUT2D eigenvalue weighted by molar-refractivity contribution is -0.132. The second-order valence-corrected chi connectivity index (χ2v) is 8.31. The topological polar surface area (TPSA) is 65.2 Å². The first kappa shape index (κ1) is 18.4. The van der Waals surface area contributed by atoms with Crippen LogP contribution in [0, 0.1) is 0 Å². The van der Waals surface area contributed by atoms with Gasteiger partial charge in [-0.15, -0.1) is 10.2 Å². The van der Waals surface area contributed by atoms with Crippen LogP contribution in [0.4, 0.5) is 0 Å². The molecule has 5 rings (SSSR count). The number of fused-ring (bicyclic) bond motifs is 2. The molecule has 152 valence electrons. The number of hydrogen-bond donors (Lipinski definition) is 0. The predicted molar refractivity (Wildman–Crippen MR) is 110 cm³/mol. The second-order valence-electron chi connectivity index (χ2n) is 8.31. The molecule has 3 aromatic rings. The van der Waals surface area contributed by atoms with Gasteiger partial charge in [0.2, 0.25) is 5.91 Å². The average molecular weight is 393 g/mol. The van der Waals surface area contributed by atoms with Crippen molar-refractivity contribution >= 4 is 16.8 Å². The van der Waals surface area contributed by atoms with Crippen molar-refractivity contribution in [3.8, 4) is 0 Å². The molecule has 2 aliphatic heterocycles. The Morgan fingerprint density at radius 2 is 2.00 bits per heavy atom. The predicted octanol–water partition coefficient (Wildman–Crippen LogP) is 2.81. The normalized spacial score (nSPS) is 20.2. The molecule has 0 radical (unpaired) electrons. The fourth-order valence-corrected chi connectivity index (χ4v) is 4.83. The number of aromatic nitrogens is 4. The van der Waals surface area contributed by atoms with Gasteiger partial charge in [-0.25, -0.2) is 0 Å². The van der Waals surface area contributed by atoms with Crippen LogP contribution in [-0.4, -0.2) is 49.9 Å². The molecule has 1 aromatic carbocycles. The number of aryl methyl sites for hydroxylation is 1. The summed E-state index contributed by atoms with van der Waals surface area (Å²) in [6.07, 6.45) is 4.47. The SMILES string of the molecule is C[C@H]1CN(C(=O)Cc2cn(C)c3ccccc23)Cc2nnc(C3CCOCC3)n21. The molecule has 1 saturated heterocycles. The minimum Gasteiger partial charge on any atom is -0.381 e. The average Bonchev–Trinajstić information content (AvgIpc) is 3.31. The van der Waals surface area contributed by atoms with Gasteiger partial charge in [-0.05, 0) is 31.4 Å². The van der Waals surface area contributed by atoms with E-state index in [1.54, 1.807) is 0 Å². The summed E-state index contributed by atoms with van der Waals surface area (Å²) in [5.74, 6) is 2.52. The number of nitrogens with zero attached hydrogens (tertiary/aromatic N) is 5. The largest absolute Gasteiger partial charge is 0.381 e. The van der Waals surface area contributed by atoms with Crippen molar-refractivity contribution in [2.75, 3.05) is 19.8 Å². The van der Waals surface area contributed by atoms with Crippen LogP contribution < -0.4 is 0 Å². The van der Waals surface area contributed by atoms with Crippen LogP contribution in [0.2, 0.25) is 0 Å². The van der Waals surface area contributed by atoms with Crippen molar-refractivity contribution in [2.24, 2.45) is 7.05 Å². The molecule has 0 aliphatic carbocycles. The van der Waals surface area contributed by atoms with E-state index in [9.17, 15) is 4.79 Å². The highest BCUT2D eigenvalue weighted by atomic mass is 16.5. The molecule has 4 heterocycles. The third-order valence-corrected chi connectivity index (χ3v) is 6.31. The van der Waals surface area contributed by atoms with Gasteiger partial charge in [-0.2, -0.15) is 0 Å². The molecule has 0 bridgehead atoms. The van der Waals surface area contributed by atoms with E-state index in [2.05, 4.69) is 44.6 Å². The number of para-hydroxylation sites is 1. The van der Waals surface area contributed by atoms with Gasteiger partial charge in [0.05, 0.1) is 19.0 Å². The Morgan fingerprint density at radius 1 is 1.21 bits per heavy atom. The van der Waals surface area contributed by atoms with Crippen molar-refractivity contribution in [3.63, 3.8) is 0 Å². The summed E-state index contributed by atoms with van der Waals surface area (Å²) in [5.41, 5.74) is 2.24. The number of amides is 1. The van der Waals surface area contributed by atoms with E-state index in [4.69, 9.17) is 4.74 Å². The van der Waals surface area contributed by atoms with E-state index >= 15 is 0 Å². The summed E-state index contributed by atoms with van der Waals surface area (Å²) >= 11 is 0. The second kappa shape index (κ2) is 7.30. The van der Waals surface area contributed by atoms with E-state index in [1.807, 2.05) is 24.1 Å². The van der Waals surface area contributed by atoms with E-state index in [0.717, 1.165) is 54.2 Å². The Balaban J connectivity index is 1.36. The zero-order valence-electron chi connectivity index (χ0n) is 17.0. The molecule has 2 aromatic heterocycles. The summed E-state index contributed by atoms with van der Waals surface area (Å²) in [6.45, 7) is 4.97. The molecule has 0 spiro atoms. The molecule has 1 amide bonds. The van der Waals surface area contributed by atoms with E-state index < -0.39 is 0 Å². The lowest BCUT2D eigenvalue weighted by Gasteiger charge is -2.34. The molecule has 7 nitrogen and oxygen atoms in total. The van der Waals surface area contributed by atoms with Gasteiger partial charge in [0, 0.05) is 49.8 Å². The first-order valence-electron chi connectivity index (χ1n) is 10.4. The molecule has 0 saturated carbocycles. The first-order chi connectivity index (χ1) is 14.1. The summed E-state index contributed by atoms with van der Waals surface area (Å²) in [7, 11) is 2.03. The van der Waals surface area contributed by atoms with Crippen molar-refractivity contribution in [1.29, 1.82) is 0 Å². The molecule has 1 fully saturated rings. The Kier molecular flexibility index (Phi) is 4.62. The Labute approximate surface area is 170 Å². The van der Waals surface area contributed by atoms with Gasteiger partial charge in [0.1, 0.15) is 5.82 Å². The zero-order chi connectivity index (χ0) is 20.0. The van der Waals surface area contributed by atoms with Crippen LogP contribution in [0.25, 0.3) is 10.9 Å². The maximum Gasteiger partial charge on any atom is 0.227 e. The molecule has 0 N–H and O–H groups in total. The van der Waals surface area contributed by atoms with Crippen LogP contribution in [0.3, 0.4) is 0 Å². The third-order valence-electron chi connectivity index (χ3n) is 6.31. The highest BCUT2D eigenvalue weighted by Gasteiger charge is 2.32. The van der Waals surface area contributed by atoms with Gasteiger partial charge in [0.25, 0.3) is 0 Å². The number of hydrogen-bond acceptors (Lipinski definition) is 4. The Morgan fingerprint density at radius 3 is 2.83 bits per heavy atom. The first-order valence-corrected chi connectivity index (χ1v) is 10.4. The monoisotopic (exact) mass is 393 g/mol. The van der Waals surface area contributed by atoms with Gasteiger partial charge in [0.15, 0.2) is 5.82 Å². The van der Waals surface area contributed by atoms with Crippen LogP contribution in [0.1, 0.15) is 48.9 Å². The molecular formula is C22H27N5O2. The minimum atomic E-state index is 0.148. The maximum absolute atomic E-state index is 13.1. The number of rotatable bonds is 3. The van der Waals surface area contributed by atoms with Gasteiger partial charge >= 0.3 is 0 Å². The van der Waals surface area contributed by atoms with Gasteiger partial charge in [-0.3, -0.25) is 4.79 Å². The van der Waals surface area contributed by atoms with Crippen LogP contribution in [-0.2, 0) is 29.5 Å².